The van der Waals surface area contributed by atoms with Gasteiger partial charge in [-0.3, -0.25) is 9.59 Å². The van der Waals surface area contributed by atoms with Gasteiger partial charge in [0.05, 0.1) is 18.7 Å². The van der Waals surface area contributed by atoms with Gasteiger partial charge in [0, 0.05) is 25.1 Å². The van der Waals surface area contributed by atoms with Crippen LogP contribution in [0.2, 0.25) is 0 Å². The predicted molar refractivity (Wildman–Crippen MR) is 116 cm³/mol. The SMILES string of the molecule is O=C(Nc1ccnn1Cc1cccc2ccccc12)C1CC(=O)N(C2CCCC2)C1. The maximum absolute atomic E-state index is 12.9. The Morgan fingerprint density at radius 1 is 1.07 bits per heavy atom. The van der Waals surface area contributed by atoms with Crippen LogP contribution in [0.5, 0.6) is 0 Å². The van der Waals surface area contributed by atoms with E-state index in [4.69, 9.17) is 0 Å². The average Bonchev–Trinajstić information content (AvgIpc) is 3.50. The molecule has 1 aliphatic carbocycles. The van der Waals surface area contributed by atoms with Crippen molar-refractivity contribution >= 4 is 28.4 Å². The predicted octanol–water partition coefficient (Wildman–Crippen LogP) is 3.81. The minimum Gasteiger partial charge on any atom is -0.339 e. The molecular weight excluding hydrogens is 376 g/mol. The van der Waals surface area contributed by atoms with E-state index < -0.39 is 0 Å². The molecule has 1 atom stereocenters. The van der Waals surface area contributed by atoms with E-state index in [0.717, 1.165) is 18.4 Å². The first-order valence-electron chi connectivity index (χ1n) is 10.8. The van der Waals surface area contributed by atoms with E-state index in [1.54, 1.807) is 6.20 Å². The number of hydrogen-bond donors (Lipinski definition) is 1. The molecule has 2 heterocycles. The Morgan fingerprint density at radius 2 is 1.87 bits per heavy atom. The van der Waals surface area contributed by atoms with Crippen LogP contribution in [0.1, 0.15) is 37.7 Å². The minimum absolute atomic E-state index is 0.0940. The molecule has 1 aromatic heterocycles. The standard InChI is InChI=1S/C24H26N4O2/c29-23-14-19(15-27(23)20-9-2-3-10-20)24(30)26-22-12-13-25-28(22)16-18-8-5-7-17-6-1-4-11-21(17)18/h1,4-8,11-13,19-20H,2-3,9-10,14-16H2,(H,26,30). The largest absolute Gasteiger partial charge is 0.339 e. The van der Waals surface area contributed by atoms with Crippen LogP contribution in [0.4, 0.5) is 5.82 Å². The molecule has 154 valence electrons. The number of amides is 2. The van der Waals surface area contributed by atoms with E-state index in [1.165, 1.54) is 23.6 Å². The van der Waals surface area contributed by atoms with Gasteiger partial charge in [-0.1, -0.05) is 55.3 Å². The number of benzene rings is 2. The lowest BCUT2D eigenvalue weighted by Gasteiger charge is -2.23. The van der Waals surface area contributed by atoms with E-state index in [9.17, 15) is 9.59 Å². The summed E-state index contributed by atoms with van der Waals surface area (Å²) in [6, 6.07) is 16.6. The molecule has 6 nitrogen and oxygen atoms in total. The zero-order chi connectivity index (χ0) is 20.5. The van der Waals surface area contributed by atoms with Crippen molar-refractivity contribution in [2.45, 2.75) is 44.7 Å². The normalized spacial score (nSPS) is 19.7. The van der Waals surface area contributed by atoms with Gasteiger partial charge in [-0.05, 0) is 29.2 Å². The Kier molecular flexibility index (Phi) is 4.99. The number of carbonyl (C=O) groups is 2. The van der Waals surface area contributed by atoms with Gasteiger partial charge in [0.25, 0.3) is 0 Å². The van der Waals surface area contributed by atoms with E-state index in [0.29, 0.717) is 31.4 Å². The van der Waals surface area contributed by atoms with Crippen molar-refractivity contribution in [2.75, 3.05) is 11.9 Å². The number of rotatable bonds is 5. The summed E-state index contributed by atoms with van der Waals surface area (Å²) in [6.07, 6.45) is 6.50. The number of carbonyl (C=O) groups excluding carboxylic acids is 2. The second-order valence-corrected chi connectivity index (χ2v) is 8.39. The second kappa shape index (κ2) is 7.94. The molecule has 5 rings (SSSR count). The van der Waals surface area contributed by atoms with Gasteiger partial charge in [0.1, 0.15) is 5.82 Å². The van der Waals surface area contributed by atoms with E-state index in [2.05, 4.69) is 34.7 Å². The fourth-order valence-corrected chi connectivity index (χ4v) is 4.86. The van der Waals surface area contributed by atoms with Crippen LogP contribution in [-0.4, -0.2) is 39.1 Å². The third-order valence-electron chi connectivity index (χ3n) is 6.46. The molecule has 1 aliphatic heterocycles. The molecule has 1 saturated carbocycles. The molecule has 0 bridgehead atoms. The summed E-state index contributed by atoms with van der Waals surface area (Å²) in [4.78, 5) is 27.3. The van der Waals surface area contributed by atoms with Crippen molar-refractivity contribution in [3.63, 3.8) is 0 Å². The second-order valence-electron chi connectivity index (χ2n) is 8.39. The third-order valence-corrected chi connectivity index (χ3v) is 6.46. The van der Waals surface area contributed by atoms with Crippen molar-refractivity contribution in [3.05, 3.63) is 60.3 Å². The van der Waals surface area contributed by atoms with Gasteiger partial charge in [-0.25, -0.2) is 4.68 Å². The smallest absolute Gasteiger partial charge is 0.230 e. The third kappa shape index (κ3) is 3.58. The first-order valence-corrected chi connectivity index (χ1v) is 10.8. The highest BCUT2D eigenvalue weighted by Gasteiger charge is 2.38. The van der Waals surface area contributed by atoms with Crippen molar-refractivity contribution in [3.8, 4) is 0 Å². The van der Waals surface area contributed by atoms with Crippen LogP contribution in [0.25, 0.3) is 10.8 Å². The zero-order valence-corrected chi connectivity index (χ0v) is 17.0. The molecule has 6 heteroatoms. The van der Waals surface area contributed by atoms with Crippen LogP contribution in [0.3, 0.4) is 0 Å². The summed E-state index contributed by atoms with van der Waals surface area (Å²) in [6.45, 7) is 1.11. The summed E-state index contributed by atoms with van der Waals surface area (Å²) < 4.78 is 1.81. The zero-order valence-electron chi connectivity index (χ0n) is 17.0. The van der Waals surface area contributed by atoms with Gasteiger partial charge in [-0.15, -0.1) is 0 Å². The van der Waals surface area contributed by atoms with Gasteiger partial charge in [0.15, 0.2) is 0 Å². The van der Waals surface area contributed by atoms with Crippen LogP contribution >= 0.6 is 0 Å². The highest BCUT2D eigenvalue weighted by atomic mass is 16.2. The molecule has 2 amide bonds. The average molecular weight is 402 g/mol. The van der Waals surface area contributed by atoms with Gasteiger partial charge < -0.3 is 10.2 Å². The Balaban J connectivity index is 1.29. The van der Waals surface area contributed by atoms with Crippen molar-refractivity contribution in [2.24, 2.45) is 5.92 Å². The van der Waals surface area contributed by atoms with E-state index in [-0.39, 0.29) is 17.7 Å². The first-order chi connectivity index (χ1) is 14.7. The van der Waals surface area contributed by atoms with Crippen molar-refractivity contribution < 1.29 is 9.59 Å². The fourth-order valence-electron chi connectivity index (χ4n) is 4.86. The summed E-state index contributed by atoms with van der Waals surface area (Å²) >= 11 is 0. The Labute approximate surface area is 175 Å². The highest BCUT2D eigenvalue weighted by Crippen LogP contribution is 2.30. The Hall–Kier alpha value is -3.15. The minimum atomic E-state index is -0.293. The van der Waals surface area contributed by atoms with Crippen LogP contribution in [-0.2, 0) is 16.1 Å². The van der Waals surface area contributed by atoms with E-state index >= 15 is 0 Å². The van der Waals surface area contributed by atoms with Crippen LogP contribution < -0.4 is 5.32 Å². The summed E-state index contributed by atoms with van der Waals surface area (Å²) in [5.74, 6) is 0.397. The number of anilines is 1. The molecule has 2 aliphatic rings. The monoisotopic (exact) mass is 402 g/mol. The molecule has 1 N–H and O–H groups in total. The molecule has 1 saturated heterocycles. The molecule has 2 fully saturated rings. The van der Waals surface area contributed by atoms with Crippen LogP contribution in [0, 0.1) is 5.92 Å². The Morgan fingerprint density at radius 3 is 2.73 bits per heavy atom. The number of nitrogens with zero attached hydrogens (tertiary/aromatic N) is 3. The molecule has 2 aromatic carbocycles. The lowest BCUT2D eigenvalue weighted by molar-refractivity contribution is -0.129. The molecule has 0 spiro atoms. The molecule has 3 aromatic rings. The number of fused-ring (bicyclic) bond motifs is 1. The van der Waals surface area contributed by atoms with Gasteiger partial charge >= 0.3 is 0 Å². The topological polar surface area (TPSA) is 67.2 Å². The molecule has 30 heavy (non-hydrogen) atoms. The summed E-state index contributed by atoms with van der Waals surface area (Å²) in [5.41, 5.74) is 1.15. The van der Waals surface area contributed by atoms with E-state index in [1.807, 2.05) is 33.8 Å². The summed E-state index contributed by atoms with van der Waals surface area (Å²) in [7, 11) is 0. The molecule has 1 unspecified atom stereocenters. The molecular formula is C24H26N4O2. The lowest BCUT2D eigenvalue weighted by atomic mass is 10.0. The first kappa shape index (κ1) is 18.9. The Bertz CT molecular complexity index is 1080. The number of aromatic nitrogens is 2. The number of nitrogens with one attached hydrogen (secondary N) is 1. The van der Waals surface area contributed by atoms with Crippen molar-refractivity contribution in [1.82, 2.24) is 14.7 Å². The molecule has 0 radical (unpaired) electrons. The maximum Gasteiger partial charge on any atom is 0.230 e. The fraction of sp³-hybridized carbons (Fsp3) is 0.375. The van der Waals surface area contributed by atoms with Crippen LogP contribution in [0.15, 0.2) is 54.7 Å². The lowest BCUT2D eigenvalue weighted by Crippen LogP contribution is -2.35. The summed E-state index contributed by atoms with van der Waals surface area (Å²) in [5, 5.41) is 9.80. The van der Waals surface area contributed by atoms with Gasteiger partial charge in [-0.2, -0.15) is 5.10 Å². The van der Waals surface area contributed by atoms with Crippen molar-refractivity contribution in [1.29, 1.82) is 0 Å². The quantitative estimate of drug-likeness (QED) is 0.706. The highest BCUT2D eigenvalue weighted by molar-refractivity contribution is 5.96. The van der Waals surface area contributed by atoms with Gasteiger partial charge in [0.2, 0.25) is 11.8 Å². The number of hydrogen-bond acceptors (Lipinski definition) is 3. The maximum atomic E-state index is 12.9. The number of likely N-dealkylation sites (tertiary alicyclic amines) is 1.